The molecule has 3 heterocycles. The average Bonchev–Trinajstić information content (AvgIpc) is 3.45. The smallest absolute Gasteiger partial charge is 0.480 e. The fraction of sp³-hybridized carbons (Fsp3) is 0.364. The lowest BCUT2D eigenvalue weighted by atomic mass is 10.00. The van der Waals surface area contributed by atoms with Gasteiger partial charge in [0.25, 0.3) is 0 Å². The Morgan fingerprint density at radius 2 is 2.05 bits per heavy atom. The van der Waals surface area contributed by atoms with Gasteiger partial charge in [0.15, 0.2) is 5.13 Å². The van der Waals surface area contributed by atoms with Crippen LogP contribution in [0.5, 0.6) is 5.75 Å². The first-order valence-electron chi connectivity index (χ1n) is 11.3. The fourth-order valence-corrected chi connectivity index (χ4v) is 6.11. The highest BCUT2D eigenvalue weighted by atomic mass is 32.2. The highest BCUT2D eigenvalue weighted by Gasteiger charge is 2.44. The molecule has 3 N–H and O–H groups in total. The predicted molar refractivity (Wildman–Crippen MR) is 137 cm³/mol. The van der Waals surface area contributed by atoms with Crippen LogP contribution in [0.3, 0.4) is 0 Å². The van der Waals surface area contributed by atoms with Crippen LogP contribution in [0.25, 0.3) is 10.8 Å². The molecule has 1 aromatic carbocycles. The summed E-state index contributed by atoms with van der Waals surface area (Å²) in [7, 11) is 0.112. The van der Waals surface area contributed by atoms with Gasteiger partial charge in [-0.3, -0.25) is 4.79 Å². The van der Waals surface area contributed by atoms with Crippen LogP contribution in [0.1, 0.15) is 12.0 Å². The molecule has 0 aliphatic carbocycles. The van der Waals surface area contributed by atoms with Crippen LogP contribution < -0.4 is 19.7 Å². The van der Waals surface area contributed by atoms with E-state index in [2.05, 4.69) is 14.7 Å². The van der Waals surface area contributed by atoms with Crippen LogP contribution in [0, 0.1) is 0 Å². The van der Waals surface area contributed by atoms with Gasteiger partial charge >= 0.3 is 12.3 Å². The van der Waals surface area contributed by atoms with E-state index in [0.29, 0.717) is 10.5 Å². The third kappa shape index (κ3) is 5.93. The van der Waals surface area contributed by atoms with Crippen LogP contribution in [-0.2, 0) is 26.9 Å². The molecule has 0 spiro atoms. The minimum Gasteiger partial charge on any atom is -0.480 e. The maximum Gasteiger partial charge on any atom is 0.573 e. The zero-order chi connectivity index (χ0) is 28.6. The fourth-order valence-electron chi connectivity index (χ4n) is 4.33. The number of alkyl halides is 3. The van der Waals surface area contributed by atoms with E-state index < -0.39 is 53.4 Å². The Kier molecular flexibility index (Phi) is 7.74. The topological polar surface area (TPSA) is 159 Å². The molecule has 0 radical (unpaired) electrons. The van der Waals surface area contributed by atoms with Crippen molar-refractivity contribution in [3.05, 3.63) is 36.2 Å². The van der Waals surface area contributed by atoms with E-state index in [1.807, 2.05) is 0 Å². The highest BCUT2D eigenvalue weighted by molar-refractivity contribution is 7.74. The first-order chi connectivity index (χ1) is 18.3. The molecule has 1 amide bonds. The van der Waals surface area contributed by atoms with E-state index in [1.54, 1.807) is 19.0 Å². The number of aliphatic carboxylic acids is 1. The van der Waals surface area contributed by atoms with Crippen LogP contribution in [0.15, 0.2) is 30.6 Å². The molecule has 0 bridgehead atoms. The minimum absolute atomic E-state index is 0.0348. The Hall–Kier alpha value is -3.86. The van der Waals surface area contributed by atoms with Gasteiger partial charge in [-0.2, -0.15) is 0 Å². The van der Waals surface area contributed by atoms with Crippen molar-refractivity contribution >= 4 is 60.8 Å². The lowest BCUT2D eigenvalue weighted by molar-refractivity contribution is -0.274. The van der Waals surface area contributed by atoms with Gasteiger partial charge in [-0.05, 0) is 35.6 Å². The summed E-state index contributed by atoms with van der Waals surface area (Å²) in [4.78, 5) is 36.2. The van der Waals surface area contributed by atoms with Crippen molar-refractivity contribution in [1.29, 1.82) is 0 Å². The molecule has 1 saturated heterocycles. The largest absolute Gasteiger partial charge is 0.573 e. The number of anilines is 3. The van der Waals surface area contributed by atoms with Crippen molar-refractivity contribution in [3.8, 4) is 5.75 Å². The molecular weight excluding hydrogens is 565 g/mol. The Morgan fingerprint density at radius 1 is 1.33 bits per heavy atom. The maximum absolute atomic E-state index is 13.4. The SMILES string of the molecule is CN(C)c1ncc(N([C@H]2CCN([C@H](Cc3cc4ccnc(N)c4cc3OC(F)(F)F)C(=O)O)C2=O)[SH](=O)=O)s1. The number of benzene rings is 1. The first-order valence-corrected chi connectivity index (χ1v) is 13.2. The number of carboxylic acid groups (broad SMARTS) is 1. The second kappa shape index (κ2) is 10.7. The van der Waals surface area contributed by atoms with Gasteiger partial charge in [0.05, 0.1) is 6.20 Å². The minimum atomic E-state index is -5.09. The molecule has 4 rings (SSSR count). The summed E-state index contributed by atoms with van der Waals surface area (Å²) in [5.41, 5.74) is 5.64. The number of aromatic nitrogens is 2. The molecule has 0 unspecified atom stereocenters. The molecular formula is C22H23F3N6O6S2. The lowest BCUT2D eigenvalue weighted by Crippen LogP contribution is -2.48. The van der Waals surface area contributed by atoms with Crippen molar-refractivity contribution in [2.75, 3.05) is 35.6 Å². The van der Waals surface area contributed by atoms with Crippen molar-refractivity contribution in [2.24, 2.45) is 0 Å². The molecule has 2 aromatic heterocycles. The number of nitrogen functional groups attached to an aromatic ring is 1. The number of carbonyl (C=O) groups excluding carboxylic acids is 1. The number of pyridine rings is 1. The molecule has 0 saturated carbocycles. The number of rotatable bonds is 9. The van der Waals surface area contributed by atoms with Gasteiger partial charge < -0.3 is 25.4 Å². The van der Waals surface area contributed by atoms with E-state index in [9.17, 15) is 36.3 Å². The number of amides is 1. The Morgan fingerprint density at radius 3 is 2.64 bits per heavy atom. The van der Waals surface area contributed by atoms with Crippen molar-refractivity contribution in [2.45, 2.75) is 31.3 Å². The number of halogens is 3. The number of hydrogen-bond donors (Lipinski definition) is 3. The summed E-state index contributed by atoms with van der Waals surface area (Å²) < 4.78 is 68.9. The third-order valence-electron chi connectivity index (χ3n) is 6.05. The van der Waals surface area contributed by atoms with Crippen LogP contribution in [0.4, 0.5) is 29.1 Å². The maximum atomic E-state index is 13.4. The monoisotopic (exact) mass is 588 g/mol. The summed E-state index contributed by atoms with van der Waals surface area (Å²) in [6.07, 6.45) is -3.03. The van der Waals surface area contributed by atoms with Gasteiger partial charge in [0.2, 0.25) is 16.8 Å². The van der Waals surface area contributed by atoms with Crippen molar-refractivity contribution < 1.29 is 41.0 Å². The van der Waals surface area contributed by atoms with Gasteiger partial charge in [-0.25, -0.2) is 27.5 Å². The Bertz CT molecular complexity index is 1490. The van der Waals surface area contributed by atoms with Gasteiger partial charge in [0.1, 0.15) is 28.7 Å². The van der Waals surface area contributed by atoms with E-state index in [-0.39, 0.29) is 34.7 Å². The number of likely N-dealkylation sites (tertiary alicyclic amines) is 1. The number of carboxylic acids is 1. The van der Waals surface area contributed by atoms with Gasteiger partial charge in [-0.15, -0.1) is 13.2 Å². The summed E-state index contributed by atoms with van der Waals surface area (Å²) in [5.74, 6) is -3.02. The summed E-state index contributed by atoms with van der Waals surface area (Å²) in [5, 5.41) is 11.2. The van der Waals surface area contributed by atoms with Crippen LogP contribution >= 0.6 is 11.3 Å². The molecule has 12 nitrogen and oxygen atoms in total. The molecule has 17 heteroatoms. The van der Waals surface area contributed by atoms with Crippen LogP contribution in [0.2, 0.25) is 0 Å². The first kappa shape index (κ1) is 28.2. The molecule has 1 aliphatic heterocycles. The van der Waals surface area contributed by atoms with Crippen molar-refractivity contribution in [1.82, 2.24) is 14.9 Å². The Labute approximate surface area is 225 Å². The normalized spacial score (nSPS) is 16.6. The molecule has 2 atom stereocenters. The van der Waals surface area contributed by atoms with E-state index in [1.165, 1.54) is 24.5 Å². The van der Waals surface area contributed by atoms with Gasteiger partial charge in [0, 0.05) is 38.6 Å². The van der Waals surface area contributed by atoms with Crippen molar-refractivity contribution in [3.63, 3.8) is 0 Å². The average molecular weight is 589 g/mol. The van der Waals surface area contributed by atoms with E-state index in [0.717, 1.165) is 26.6 Å². The lowest BCUT2D eigenvalue weighted by Gasteiger charge is -2.27. The molecule has 1 aliphatic rings. The standard InChI is InChI=1S/C22H23F3N6O6S2/c1-29(2)21-28-10-17(38-21)31(39(35)36)14-4-6-30(19(14)32)15(20(33)34)8-12-7-11-3-5-27-18(26)13(11)9-16(12)37-22(23,24)25/h3,5,7,9-10,14-15,39H,4,6,8H2,1-2H3,(H2,26,27)(H,33,34)/t14-,15+/m0/s1. The number of nitrogens with two attached hydrogens (primary N) is 1. The number of thiazole rings is 1. The third-order valence-corrected chi connectivity index (χ3v) is 8.19. The second-order valence-electron chi connectivity index (χ2n) is 8.78. The second-order valence-corrected chi connectivity index (χ2v) is 10.7. The number of fused-ring (bicyclic) bond motifs is 1. The number of carbonyl (C=O) groups is 2. The summed E-state index contributed by atoms with van der Waals surface area (Å²) >= 11 is 1.03. The zero-order valence-corrected chi connectivity index (χ0v) is 22.2. The molecule has 39 heavy (non-hydrogen) atoms. The van der Waals surface area contributed by atoms with E-state index >= 15 is 0 Å². The predicted octanol–water partition coefficient (Wildman–Crippen LogP) is 1.87. The number of thiol groups is 1. The Balaban J connectivity index is 1.67. The summed E-state index contributed by atoms with van der Waals surface area (Å²) in [6, 6.07) is 0.948. The molecule has 3 aromatic rings. The zero-order valence-electron chi connectivity index (χ0n) is 20.5. The number of hydrogen-bond acceptors (Lipinski definition) is 10. The highest BCUT2D eigenvalue weighted by Crippen LogP contribution is 2.36. The van der Waals surface area contributed by atoms with E-state index in [4.69, 9.17) is 5.73 Å². The van der Waals surface area contributed by atoms with Gasteiger partial charge in [-0.1, -0.05) is 11.3 Å². The summed E-state index contributed by atoms with van der Waals surface area (Å²) in [6.45, 7) is -0.139. The number of nitrogens with zero attached hydrogens (tertiary/aromatic N) is 5. The van der Waals surface area contributed by atoms with Crippen LogP contribution in [-0.4, -0.2) is 79.4 Å². The number of ether oxygens (including phenoxy) is 1. The molecule has 1 fully saturated rings. The quantitative estimate of drug-likeness (QED) is 0.315. The molecule has 210 valence electrons.